The molecule has 0 atom stereocenters. The van der Waals surface area contributed by atoms with Crippen LogP contribution in [0.4, 0.5) is 4.39 Å². The number of hydrogen-bond acceptors (Lipinski definition) is 3. The maximum Gasteiger partial charge on any atom is 0.240 e. The van der Waals surface area contributed by atoms with Gasteiger partial charge in [0.2, 0.25) is 10.0 Å². The average Bonchev–Trinajstić information content (AvgIpc) is 2.46. The summed E-state index contributed by atoms with van der Waals surface area (Å²) in [5.74, 6) is 0.128. The van der Waals surface area contributed by atoms with Gasteiger partial charge in [-0.15, -0.1) is 0 Å². The highest BCUT2D eigenvalue weighted by Gasteiger charge is 2.14. The molecule has 0 unspecified atom stereocenters. The van der Waals surface area contributed by atoms with Gasteiger partial charge in [-0.05, 0) is 30.3 Å². The number of methoxy groups -OCH3 is 1. The van der Waals surface area contributed by atoms with Crippen LogP contribution in [0.2, 0.25) is 0 Å². The highest BCUT2D eigenvalue weighted by atomic mass is 32.2. The number of sulfonamides is 1. The van der Waals surface area contributed by atoms with Gasteiger partial charge in [0.05, 0.1) is 12.0 Å². The van der Waals surface area contributed by atoms with Crippen molar-refractivity contribution >= 4 is 10.0 Å². The quantitative estimate of drug-likeness (QED) is 0.921. The third-order valence-electron chi connectivity index (χ3n) is 2.78. The van der Waals surface area contributed by atoms with Crippen LogP contribution in [-0.4, -0.2) is 15.5 Å². The molecule has 4 nitrogen and oxygen atoms in total. The van der Waals surface area contributed by atoms with E-state index in [-0.39, 0.29) is 11.4 Å². The fraction of sp³-hybridized carbons (Fsp3) is 0.143. The molecule has 0 aromatic heterocycles. The molecule has 0 saturated heterocycles. The van der Waals surface area contributed by atoms with Gasteiger partial charge < -0.3 is 4.74 Å². The second kappa shape index (κ2) is 6.02. The van der Waals surface area contributed by atoms with Crippen LogP contribution >= 0.6 is 0 Å². The summed E-state index contributed by atoms with van der Waals surface area (Å²) >= 11 is 0. The van der Waals surface area contributed by atoms with E-state index in [2.05, 4.69) is 4.72 Å². The Morgan fingerprint density at radius 2 is 1.75 bits per heavy atom. The lowest BCUT2D eigenvalue weighted by atomic mass is 10.2. The molecule has 0 aliphatic heterocycles. The number of halogens is 1. The number of hydrogen-bond donors (Lipinski definition) is 1. The minimum absolute atomic E-state index is 0.0962. The van der Waals surface area contributed by atoms with Gasteiger partial charge in [0.25, 0.3) is 0 Å². The summed E-state index contributed by atoms with van der Waals surface area (Å²) in [6.45, 7) is -0.0962. The minimum Gasteiger partial charge on any atom is -0.497 e. The molecule has 0 saturated carbocycles. The molecule has 0 aliphatic carbocycles. The first-order valence-electron chi connectivity index (χ1n) is 5.90. The molecule has 106 valence electrons. The zero-order chi connectivity index (χ0) is 14.6. The summed E-state index contributed by atoms with van der Waals surface area (Å²) in [5, 5.41) is 0. The van der Waals surface area contributed by atoms with E-state index in [0.29, 0.717) is 11.3 Å². The Balaban J connectivity index is 2.13. The van der Waals surface area contributed by atoms with Gasteiger partial charge in [-0.2, -0.15) is 0 Å². The van der Waals surface area contributed by atoms with Crippen LogP contribution in [0.3, 0.4) is 0 Å². The van der Waals surface area contributed by atoms with E-state index >= 15 is 0 Å². The lowest BCUT2D eigenvalue weighted by molar-refractivity contribution is 0.414. The third-order valence-corrected chi connectivity index (χ3v) is 4.20. The molecule has 0 amide bonds. The Bertz CT molecular complexity index is 684. The van der Waals surface area contributed by atoms with E-state index in [4.69, 9.17) is 4.74 Å². The topological polar surface area (TPSA) is 55.4 Å². The monoisotopic (exact) mass is 295 g/mol. The van der Waals surface area contributed by atoms with Crippen LogP contribution < -0.4 is 9.46 Å². The van der Waals surface area contributed by atoms with Gasteiger partial charge in [0.15, 0.2) is 0 Å². The summed E-state index contributed by atoms with van der Waals surface area (Å²) in [6.07, 6.45) is 0. The molecule has 2 aromatic carbocycles. The van der Waals surface area contributed by atoms with E-state index in [1.165, 1.54) is 31.4 Å². The minimum atomic E-state index is -3.67. The van der Waals surface area contributed by atoms with E-state index in [1.807, 2.05) is 0 Å². The van der Waals surface area contributed by atoms with Crippen LogP contribution in [-0.2, 0) is 16.6 Å². The molecule has 2 aromatic rings. The van der Waals surface area contributed by atoms with Crippen molar-refractivity contribution in [1.29, 1.82) is 0 Å². The summed E-state index contributed by atoms with van der Waals surface area (Å²) in [5.41, 5.74) is 0.296. The van der Waals surface area contributed by atoms with E-state index in [0.717, 1.165) is 0 Å². The lowest BCUT2D eigenvalue weighted by Crippen LogP contribution is -2.23. The van der Waals surface area contributed by atoms with E-state index < -0.39 is 15.8 Å². The average molecular weight is 295 g/mol. The molecule has 0 aliphatic rings. The van der Waals surface area contributed by atoms with Gasteiger partial charge in [-0.1, -0.05) is 18.2 Å². The SMILES string of the molecule is COc1ccc(S(=O)(=O)NCc2ccccc2F)cc1. The van der Waals surface area contributed by atoms with Gasteiger partial charge >= 0.3 is 0 Å². The van der Waals surface area contributed by atoms with Crippen molar-refractivity contribution in [2.24, 2.45) is 0 Å². The van der Waals surface area contributed by atoms with Crippen molar-refractivity contribution in [1.82, 2.24) is 4.72 Å². The first kappa shape index (κ1) is 14.5. The molecule has 2 rings (SSSR count). The largest absolute Gasteiger partial charge is 0.497 e. The molecule has 6 heteroatoms. The summed E-state index contributed by atoms with van der Waals surface area (Å²) in [4.78, 5) is 0.106. The van der Waals surface area contributed by atoms with Crippen LogP contribution in [0.1, 0.15) is 5.56 Å². The zero-order valence-corrected chi connectivity index (χ0v) is 11.7. The van der Waals surface area contributed by atoms with E-state index in [9.17, 15) is 12.8 Å². The van der Waals surface area contributed by atoms with Gasteiger partial charge in [-0.25, -0.2) is 17.5 Å². The maximum atomic E-state index is 13.4. The molecular formula is C14H14FNO3S. The van der Waals surface area contributed by atoms with Crippen molar-refractivity contribution in [3.8, 4) is 5.75 Å². The molecule has 0 bridgehead atoms. The van der Waals surface area contributed by atoms with Gasteiger partial charge in [-0.3, -0.25) is 0 Å². The van der Waals surface area contributed by atoms with Crippen LogP contribution in [0.15, 0.2) is 53.4 Å². The molecule has 0 fully saturated rings. The number of benzene rings is 2. The number of rotatable bonds is 5. The first-order chi connectivity index (χ1) is 9.53. The Kier molecular flexibility index (Phi) is 4.36. The van der Waals surface area contributed by atoms with Crippen LogP contribution in [0.25, 0.3) is 0 Å². The van der Waals surface area contributed by atoms with Gasteiger partial charge in [0, 0.05) is 12.1 Å². The van der Waals surface area contributed by atoms with Crippen molar-refractivity contribution in [2.75, 3.05) is 7.11 Å². The fourth-order valence-corrected chi connectivity index (χ4v) is 2.66. The predicted molar refractivity (Wildman–Crippen MR) is 73.4 cm³/mol. The molecule has 0 heterocycles. The summed E-state index contributed by atoms with van der Waals surface area (Å²) in [6, 6.07) is 12.0. The Hall–Kier alpha value is -1.92. The normalized spacial score (nSPS) is 11.3. The number of nitrogens with one attached hydrogen (secondary N) is 1. The second-order valence-corrected chi connectivity index (χ2v) is 5.86. The second-order valence-electron chi connectivity index (χ2n) is 4.09. The van der Waals surface area contributed by atoms with Crippen molar-refractivity contribution < 1.29 is 17.5 Å². The molecular weight excluding hydrogens is 281 g/mol. The predicted octanol–water partition coefficient (Wildman–Crippen LogP) is 2.31. The van der Waals surface area contributed by atoms with Crippen molar-refractivity contribution in [3.05, 3.63) is 59.9 Å². The standard InChI is InChI=1S/C14H14FNO3S/c1-19-12-6-8-13(9-7-12)20(17,18)16-10-11-4-2-3-5-14(11)15/h2-9,16H,10H2,1H3. The van der Waals surface area contributed by atoms with Crippen LogP contribution in [0, 0.1) is 5.82 Å². The lowest BCUT2D eigenvalue weighted by Gasteiger charge is -2.08. The highest BCUT2D eigenvalue weighted by Crippen LogP contribution is 2.16. The number of ether oxygens (including phenoxy) is 1. The van der Waals surface area contributed by atoms with Crippen LogP contribution in [0.5, 0.6) is 5.75 Å². The smallest absolute Gasteiger partial charge is 0.240 e. The fourth-order valence-electron chi connectivity index (χ4n) is 1.65. The Morgan fingerprint density at radius 3 is 2.35 bits per heavy atom. The molecule has 0 radical (unpaired) electrons. The Labute approximate surface area is 117 Å². The molecule has 0 spiro atoms. The van der Waals surface area contributed by atoms with Crippen molar-refractivity contribution in [2.45, 2.75) is 11.4 Å². The molecule has 20 heavy (non-hydrogen) atoms. The van der Waals surface area contributed by atoms with E-state index in [1.54, 1.807) is 24.3 Å². The van der Waals surface area contributed by atoms with Gasteiger partial charge in [0.1, 0.15) is 11.6 Å². The first-order valence-corrected chi connectivity index (χ1v) is 7.38. The Morgan fingerprint density at radius 1 is 1.10 bits per heavy atom. The maximum absolute atomic E-state index is 13.4. The van der Waals surface area contributed by atoms with Crippen molar-refractivity contribution in [3.63, 3.8) is 0 Å². The molecule has 1 N–H and O–H groups in total. The zero-order valence-electron chi connectivity index (χ0n) is 10.8. The third kappa shape index (κ3) is 3.34. The summed E-state index contributed by atoms with van der Waals surface area (Å²) in [7, 11) is -2.17. The highest BCUT2D eigenvalue weighted by molar-refractivity contribution is 7.89. The summed E-state index contributed by atoms with van der Waals surface area (Å²) < 4.78 is 44.8.